The molecule has 1 aromatic heterocycles. The number of rotatable bonds is 14. The second-order valence-corrected chi connectivity index (χ2v) is 11.7. The summed E-state index contributed by atoms with van der Waals surface area (Å²) in [6.45, 7) is 4.24. The van der Waals surface area contributed by atoms with Gasteiger partial charge in [-0.25, -0.2) is 4.79 Å². The zero-order valence-corrected chi connectivity index (χ0v) is 24.7. The number of hydrogen-bond donors (Lipinski definition) is 5. The van der Waals surface area contributed by atoms with E-state index in [1.165, 1.54) is 13.8 Å². The molecule has 0 saturated carbocycles. The van der Waals surface area contributed by atoms with Gasteiger partial charge < -0.3 is 40.9 Å². The van der Waals surface area contributed by atoms with Crippen molar-refractivity contribution in [1.82, 2.24) is 4.57 Å². The maximum atomic E-state index is 11.3. The topological polar surface area (TPSA) is 223 Å². The zero-order chi connectivity index (χ0) is 31.5. The number of benzene rings is 2. The summed E-state index contributed by atoms with van der Waals surface area (Å²) < 4.78 is 35.2. The molecule has 3 rings (SSSR count). The summed E-state index contributed by atoms with van der Waals surface area (Å²) in [4.78, 5) is 25.1. The molecule has 8 N–H and O–H groups in total. The van der Waals surface area contributed by atoms with Gasteiger partial charge in [-0.3, -0.25) is 9.79 Å². The van der Waals surface area contributed by atoms with Crippen LogP contribution in [0.15, 0.2) is 59.7 Å². The molecule has 230 valence electrons. The fraction of sp³-hybridized carbons (Fsp3) is 0.393. The molecule has 1 atom stereocenters. The molecule has 13 nitrogen and oxygen atoms in total. The van der Waals surface area contributed by atoms with Crippen LogP contribution in [0.3, 0.4) is 0 Å². The molecule has 0 aliphatic heterocycles. The molecule has 1 heterocycles. The summed E-state index contributed by atoms with van der Waals surface area (Å²) in [6.07, 6.45) is 5.61. The molecule has 0 radical (unpaired) electrons. The van der Waals surface area contributed by atoms with Gasteiger partial charge in [0.05, 0.1) is 6.26 Å². The number of aromatic nitrogens is 1. The lowest BCUT2D eigenvalue weighted by molar-refractivity contribution is -0.152. The molecule has 14 heteroatoms. The Kier molecular flexibility index (Phi) is 12.2. The number of nitrogens with zero attached hydrogens (tertiary/aromatic N) is 2. The van der Waals surface area contributed by atoms with E-state index >= 15 is 0 Å². The number of aryl methyl sites for hydroxylation is 2. The quantitative estimate of drug-likeness (QED) is 0.0776. The third-order valence-electron chi connectivity index (χ3n) is 5.93. The lowest BCUT2D eigenvalue weighted by atomic mass is 10.1. The van der Waals surface area contributed by atoms with Gasteiger partial charge in [0.1, 0.15) is 17.5 Å². The first-order valence-electron chi connectivity index (χ1n) is 13.1. The minimum atomic E-state index is -3.55. The van der Waals surface area contributed by atoms with Crippen molar-refractivity contribution in [1.29, 1.82) is 0 Å². The van der Waals surface area contributed by atoms with Crippen LogP contribution in [0.25, 0.3) is 10.9 Å². The van der Waals surface area contributed by atoms with E-state index in [2.05, 4.69) is 9.56 Å². The van der Waals surface area contributed by atoms with Crippen LogP contribution in [-0.2, 0) is 32.7 Å². The number of aliphatic carboxylic acids is 2. The molecular formula is C28H39N5O8S. The van der Waals surface area contributed by atoms with Gasteiger partial charge in [0.15, 0.2) is 11.6 Å². The fourth-order valence-electron chi connectivity index (χ4n) is 3.80. The van der Waals surface area contributed by atoms with E-state index in [0.717, 1.165) is 42.1 Å². The van der Waals surface area contributed by atoms with Gasteiger partial charge in [-0.15, -0.1) is 0 Å². The van der Waals surface area contributed by atoms with Gasteiger partial charge in [0.2, 0.25) is 0 Å². The highest BCUT2D eigenvalue weighted by Gasteiger charge is 2.29. The number of nitrogens with two attached hydrogens (primary N) is 3. The number of carboxylic acid groups (broad SMARTS) is 2. The first kappa shape index (κ1) is 33.9. The average molecular weight is 606 g/mol. The highest BCUT2D eigenvalue weighted by atomic mass is 32.2. The average Bonchev–Trinajstić information content (AvgIpc) is 3.27. The highest BCUT2D eigenvalue weighted by molar-refractivity contribution is 7.86. The Morgan fingerprint density at radius 1 is 1.05 bits per heavy atom. The van der Waals surface area contributed by atoms with Crippen molar-refractivity contribution >= 4 is 38.9 Å². The van der Waals surface area contributed by atoms with Crippen LogP contribution < -0.4 is 26.1 Å². The highest BCUT2D eigenvalue weighted by Crippen LogP contribution is 2.24. The Labute approximate surface area is 245 Å². The lowest BCUT2D eigenvalue weighted by Crippen LogP contribution is -2.37. The smallest absolute Gasteiger partial charge is 0.347 e. The molecule has 3 aromatic rings. The summed E-state index contributed by atoms with van der Waals surface area (Å²) in [5.41, 5.74) is 16.1. The van der Waals surface area contributed by atoms with Crippen LogP contribution in [0, 0.1) is 0 Å². The van der Waals surface area contributed by atoms with Crippen molar-refractivity contribution in [2.45, 2.75) is 57.7 Å². The second kappa shape index (κ2) is 15.1. The molecule has 0 bridgehead atoms. The Bertz CT molecular complexity index is 1500. The number of ether oxygens (including phenoxy) is 1. The molecule has 0 fully saturated rings. The maximum absolute atomic E-state index is 11.3. The lowest BCUT2D eigenvalue weighted by Gasteiger charge is -2.21. The minimum absolute atomic E-state index is 0.0129. The Hall–Kier alpha value is -4.30. The van der Waals surface area contributed by atoms with E-state index in [1.54, 1.807) is 18.2 Å². The van der Waals surface area contributed by atoms with E-state index in [-0.39, 0.29) is 5.96 Å². The number of carbonyl (C=O) groups is 2. The molecule has 0 spiro atoms. The van der Waals surface area contributed by atoms with Crippen molar-refractivity contribution < 1.29 is 37.1 Å². The van der Waals surface area contributed by atoms with Gasteiger partial charge in [0.25, 0.3) is 0 Å². The summed E-state index contributed by atoms with van der Waals surface area (Å²) >= 11 is 0. The number of hydrogen-bond acceptors (Lipinski definition) is 8. The van der Waals surface area contributed by atoms with E-state index in [1.807, 2.05) is 36.5 Å². The third kappa shape index (κ3) is 11.7. The van der Waals surface area contributed by atoms with Crippen molar-refractivity contribution in [3.8, 4) is 11.5 Å². The summed E-state index contributed by atoms with van der Waals surface area (Å²) in [5, 5.41) is 18.5. The summed E-state index contributed by atoms with van der Waals surface area (Å²) in [5.74, 6) is -1.18. The van der Waals surface area contributed by atoms with Gasteiger partial charge in [-0.2, -0.15) is 8.42 Å². The van der Waals surface area contributed by atoms with E-state index in [0.29, 0.717) is 30.9 Å². The third-order valence-corrected chi connectivity index (χ3v) is 6.42. The molecule has 0 aliphatic rings. The number of fused-ring (bicyclic) bond motifs is 1. The van der Waals surface area contributed by atoms with Crippen LogP contribution in [0.4, 0.5) is 0 Å². The van der Waals surface area contributed by atoms with Crippen molar-refractivity contribution in [2.75, 3.05) is 12.8 Å². The Balaban J connectivity index is 0.000000435. The molecule has 0 aliphatic carbocycles. The molecule has 42 heavy (non-hydrogen) atoms. The minimum Gasteiger partial charge on any atom is -0.480 e. The van der Waals surface area contributed by atoms with Crippen LogP contribution in [0.5, 0.6) is 11.5 Å². The van der Waals surface area contributed by atoms with Crippen LogP contribution in [-0.4, -0.2) is 65.5 Å². The zero-order valence-electron chi connectivity index (χ0n) is 23.9. The summed E-state index contributed by atoms with van der Waals surface area (Å²) in [6, 6.07) is 13.8. The monoisotopic (exact) mass is 605 g/mol. The van der Waals surface area contributed by atoms with Crippen LogP contribution >= 0.6 is 0 Å². The Morgan fingerprint density at radius 3 is 2.38 bits per heavy atom. The standard InChI is InChI=1S/C22H25NO6S.C6H14N4O2/c1-22(2,21(24)25)28-18-8-4-6-16(14-18)7-5-12-23-13-11-17-15-19(9-10-20(17)23)29-30(3,26)27;7-4(5(11)12)2-1-3-10-6(8)9/h4,6,8-11,13-15H,5,7,12H2,1-3H3,(H,24,25);4H,1-3,7H2,(H,11,12)(H4,8,9,10)/t;4-/m.0/s1. The van der Waals surface area contributed by atoms with E-state index in [9.17, 15) is 23.1 Å². The van der Waals surface area contributed by atoms with Gasteiger partial charge in [-0.1, -0.05) is 12.1 Å². The van der Waals surface area contributed by atoms with Crippen molar-refractivity contribution in [2.24, 2.45) is 22.2 Å². The van der Waals surface area contributed by atoms with Crippen molar-refractivity contribution in [3.63, 3.8) is 0 Å². The van der Waals surface area contributed by atoms with Gasteiger partial charge in [-0.05, 0) is 81.5 Å². The number of aliphatic imine (C=N–C) groups is 1. The predicted octanol–water partition coefficient (Wildman–Crippen LogP) is 2.31. The predicted molar refractivity (Wildman–Crippen MR) is 160 cm³/mol. The van der Waals surface area contributed by atoms with Gasteiger partial charge in [0, 0.05) is 30.2 Å². The largest absolute Gasteiger partial charge is 0.480 e. The SMILES string of the molecule is CC(C)(Oc1cccc(CCCn2ccc3cc(OS(C)(=O)=O)ccc32)c1)C(=O)O.NC(N)=NCCC[C@H](N)C(=O)O. The fourth-order valence-corrected chi connectivity index (χ4v) is 4.25. The number of carboxylic acids is 2. The normalized spacial score (nSPS) is 12.1. The summed E-state index contributed by atoms with van der Waals surface area (Å²) in [7, 11) is -3.55. The first-order chi connectivity index (χ1) is 19.6. The van der Waals surface area contributed by atoms with E-state index < -0.39 is 33.7 Å². The second-order valence-electron chi connectivity index (χ2n) is 10.1. The number of guanidine groups is 1. The van der Waals surface area contributed by atoms with E-state index in [4.69, 9.17) is 31.2 Å². The van der Waals surface area contributed by atoms with Crippen LogP contribution in [0.2, 0.25) is 0 Å². The molecule has 0 amide bonds. The first-order valence-corrected chi connectivity index (χ1v) is 14.9. The molecular weight excluding hydrogens is 566 g/mol. The van der Waals surface area contributed by atoms with Gasteiger partial charge >= 0.3 is 22.1 Å². The Morgan fingerprint density at radius 2 is 1.76 bits per heavy atom. The van der Waals surface area contributed by atoms with Crippen molar-refractivity contribution in [3.05, 3.63) is 60.3 Å². The molecule has 2 aromatic carbocycles. The molecule has 0 saturated heterocycles. The molecule has 0 unspecified atom stereocenters. The maximum Gasteiger partial charge on any atom is 0.347 e. The van der Waals surface area contributed by atoms with Crippen LogP contribution in [0.1, 0.15) is 38.7 Å².